The lowest BCUT2D eigenvalue weighted by Crippen LogP contribution is -2.35. The molecule has 0 bridgehead atoms. The van der Waals surface area contributed by atoms with Crippen molar-refractivity contribution in [1.29, 1.82) is 0 Å². The lowest BCUT2D eigenvalue weighted by Gasteiger charge is -2.36. The Hall–Kier alpha value is -2.10. The number of ketones is 1. The number of carbonyl (C=O) groups excluding carboxylic acids is 1. The molecule has 0 radical (unpaired) electrons. The molecule has 1 atom stereocenters. The Morgan fingerprint density at radius 1 is 1.14 bits per heavy atom. The Kier molecular flexibility index (Phi) is 6.07. The maximum atomic E-state index is 12.9. The topological polar surface area (TPSA) is 25.2 Å². The van der Waals surface area contributed by atoms with E-state index in [1.54, 1.807) is 0 Å². The molecule has 1 unspecified atom stereocenters. The highest BCUT2D eigenvalue weighted by molar-refractivity contribution is 6.31. The number of likely N-dealkylation sites (tertiary alicyclic amines) is 1. The lowest BCUT2D eigenvalue weighted by atomic mass is 9.89. The van der Waals surface area contributed by atoms with Crippen LogP contribution in [0, 0.1) is 5.92 Å². The highest BCUT2D eigenvalue weighted by Crippen LogP contribution is 2.30. The van der Waals surface area contributed by atoms with Gasteiger partial charge in [0.1, 0.15) is 0 Å². The molecule has 152 valence electrons. The third-order valence-corrected chi connectivity index (χ3v) is 6.75. The van der Waals surface area contributed by atoms with E-state index in [9.17, 15) is 4.79 Å². The van der Waals surface area contributed by atoms with Gasteiger partial charge in [-0.2, -0.15) is 0 Å². The maximum Gasteiger partial charge on any atom is 0.165 e. The van der Waals surface area contributed by atoms with E-state index >= 15 is 0 Å². The molecule has 1 aliphatic heterocycles. The second-order valence-corrected chi connectivity index (χ2v) is 8.78. The van der Waals surface area contributed by atoms with Crippen molar-refractivity contribution < 1.29 is 4.79 Å². The number of hydrogen-bond donors (Lipinski definition) is 0. The molecule has 3 aromatic rings. The molecule has 29 heavy (non-hydrogen) atoms. The van der Waals surface area contributed by atoms with Crippen molar-refractivity contribution in [1.82, 2.24) is 9.47 Å². The number of Topliss-reactive ketones (excluding diaryl/α,β-unsaturated/α-hetero) is 1. The number of nitrogens with zero attached hydrogens (tertiary/aromatic N) is 2. The van der Waals surface area contributed by atoms with Crippen LogP contribution in [-0.4, -0.2) is 28.3 Å². The number of aryl methyl sites for hydroxylation is 1. The minimum atomic E-state index is 0.248. The largest absolute Gasteiger partial charge is 0.350 e. The van der Waals surface area contributed by atoms with Gasteiger partial charge in [0.2, 0.25) is 0 Å². The molecule has 0 N–H and O–H groups in total. The zero-order valence-corrected chi connectivity index (χ0v) is 18.0. The van der Waals surface area contributed by atoms with Gasteiger partial charge in [-0.15, -0.1) is 0 Å². The van der Waals surface area contributed by atoms with Crippen molar-refractivity contribution in [3.05, 3.63) is 70.9 Å². The van der Waals surface area contributed by atoms with Gasteiger partial charge in [-0.3, -0.25) is 9.69 Å². The molecule has 4 rings (SSSR count). The first kappa shape index (κ1) is 20.2. The Morgan fingerprint density at radius 3 is 2.59 bits per heavy atom. The van der Waals surface area contributed by atoms with Crippen LogP contribution in [-0.2, 0) is 7.05 Å². The van der Waals surface area contributed by atoms with Crippen LogP contribution in [0.2, 0.25) is 5.02 Å². The second-order valence-electron chi connectivity index (χ2n) is 8.34. The number of hydrogen-bond acceptors (Lipinski definition) is 2. The number of aromatic nitrogens is 1. The summed E-state index contributed by atoms with van der Waals surface area (Å²) in [7, 11) is 1.97. The minimum absolute atomic E-state index is 0.248. The quantitative estimate of drug-likeness (QED) is 0.449. The molecular formula is C25H29ClN2O. The molecule has 1 aliphatic rings. The molecule has 0 spiro atoms. The molecule has 3 nitrogen and oxygen atoms in total. The van der Waals surface area contributed by atoms with E-state index in [4.69, 9.17) is 11.6 Å². The summed E-state index contributed by atoms with van der Waals surface area (Å²) in [5.74, 6) is 0.889. The molecule has 0 saturated carbocycles. The van der Waals surface area contributed by atoms with E-state index in [1.807, 2.05) is 36.0 Å². The average molecular weight is 409 g/mol. The molecule has 1 aromatic heterocycles. The molecule has 0 amide bonds. The van der Waals surface area contributed by atoms with E-state index in [-0.39, 0.29) is 5.78 Å². The Bertz CT molecular complexity index is 987. The number of fused-ring (bicyclic) bond motifs is 1. The van der Waals surface area contributed by atoms with Gasteiger partial charge in [0.15, 0.2) is 5.78 Å². The van der Waals surface area contributed by atoms with Crippen LogP contribution >= 0.6 is 11.6 Å². The predicted molar refractivity (Wildman–Crippen MR) is 121 cm³/mol. The number of rotatable bonds is 6. The van der Waals surface area contributed by atoms with Gasteiger partial charge in [0, 0.05) is 47.2 Å². The Morgan fingerprint density at radius 2 is 1.86 bits per heavy atom. The smallest absolute Gasteiger partial charge is 0.165 e. The molecule has 1 saturated heterocycles. The first-order valence-corrected chi connectivity index (χ1v) is 11.0. The minimum Gasteiger partial charge on any atom is -0.350 e. The standard InChI is InChI=1S/C25H29ClN2O/c1-18(20-6-4-3-5-7-20)28-14-12-19(13-15-28)8-11-25(29)23-17-27(2)24-16-21(26)9-10-22(23)24/h3-7,9-10,16-19H,8,11-15H2,1-2H3. The van der Waals surface area contributed by atoms with Crippen LogP contribution < -0.4 is 0 Å². The van der Waals surface area contributed by atoms with Gasteiger partial charge < -0.3 is 4.57 Å². The third kappa shape index (κ3) is 4.41. The van der Waals surface area contributed by atoms with E-state index in [0.29, 0.717) is 23.4 Å². The fraction of sp³-hybridized carbons (Fsp3) is 0.400. The molecule has 4 heteroatoms. The van der Waals surface area contributed by atoms with Crippen LogP contribution in [0.15, 0.2) is 54.7 Å². The van der Waals surface area contributed by atoms with Crippen LogP contribution in [0.3, 0.4) is 0 Å². The van der Waals surface area contributed by atoms with Gasteiger partial charge in [-0.25, -0.2) is 0 Å². The van der Waals surface area contributed by atoms with Crippen LogP contribution in [0.25, 0.3) is 10.9 Å². The first-order chi connectivity index (χ1) is 14.0. The summed E-state index contributed by atoms with van der Waals surface area (Å²) >= 11 is 6.11. The van der Waals surface area contributed by atoms with Crippen molar-refractivity contribution >= 4 is 28.3 Å². The normalized spacial score (nSPS) is 16.9. The third-order valence-electron chi connectivity index (χ3n) is 6.51. The summed E-state index contributed by atoms with van der Waals surface area (Å²) in [5, 5.41) is 1.71. The Labute approximate surface area is 178 Å². The Balaban J connectivity index is 1.32. The molecule has 1 fully saturated rings. The number of halogens is 1. The van der Waals surface area contributed by atoms with E-state index in [0.717, 1.165) is 36.0 Å². The molecule has 2 aromatic carbocycles. The van der Waals surface area contributed by atoms with E-state index < -0.39 is 0 Å². The second kappa shape index (κ2) is 8.73. The average Bonchev–Trinajstić information content (AvgIpc) is 3.08. The maximum absolute atomic E-state index is 12.9. The van der Waals surface area contributed by atoms with Crippen molar-refractivity contribution in [2.45, 2.75) is 38.6 Å². The van der Waals surface area contributed by atoms with Gasteiger partial charge in [0.25, 0.3) is 0 Å². The SMILES string of the molecule is CC(c1ccccc1)N1CCC(CCC(=O)c2cn(C)c3cc(Cl)ccc23)CC1. The summed E-state index contributed by atoms with van der Waals surface area (Å²) in [6.07, 6.45) is 5.91. The zero-order chi connectivity index (χ0) is 20.4. The molecular weight excluding hydrogens is 380 g/mol. The summed E-state index contributed by atoms with van der Waals surface area (Å²) in [4.78, 5) is 15.5. The van der Waals surface area contributed by atoms with Gasteiger partial charge in [-0.1, -0.05) is 48.0 Å². The van der Waals surface area contributed by atoms with Crippen molar-refractivity contribution in [2.75, 3.05) is 13.1 Å². The van der Waals surface area contributed by atoms with Crippen LogP contribution in [0.5, 0.6) is 0 Å². The summed E-state index contributed by atoms with van der Waals surface area (Å²) in [6, 6.07) is 17.0. The summed E-state index contributed by atoms with van der Waals surface area (Å²) in [6.45, 7) is 4.52. The van der Waals surface area contributed by atoms with Gasteiger partial charge in [0.05, 0.1) is 0 Å². The molecule has 0 aliphatic carbocycles. The molecule has 2 heterocycles. The van der Waals surface area contributed by atoms with Gasteiger partial charge >= 0.3 is 0 Å². The fourth-order valence-electron chi connectivity index (χ4n) is 4.62. The van der Waals surface area contributed by atoms with Crippen LogP contribution in [0.4, 0.5) is 0 Å². The number of benzene rings is 2. The predicted octanol–water partition coefficient (Wildman–Crippen LogP) is 6.27. The van der Waals surface area contributed by atoms with Crippen molar-refractivity contribution in [3.63, 3.8) is 0 Å². The highest BCUT2D eigenvalue weighted by atomic mass is 35.5. The van der Waals surface area contributed by atoms with E-state index in [1.165, 1.54) is 18.4 Å². The van der Waals surface area contributed by atoms with Gasteiger partial charge in [-0.05, 0) is 62.9 Å². The summed E-state index contributed by atoms with van der Waals surface area (Å²) < 4.78 is 2.00. The lowest BCUT2D eigenvalue weighted by molar-refractivity contribution is 0.0953. The first-order valence-electron chi connectivity index (χ1n) is 10.6. The van der Waals surface area contributed by atoms with E-state index in [2.05, 4.69) is 42.2 Å². The van der Waals surface area contributed by atoms with Crippen molar-refractivity contribution in [2.24, 2.45) is 13.0 Å². The monoisotopic (exact) mass is 408 g/mol. The highest BCUT2D eigenvalue weighted by Gasteiger charge is 2.24. The number of carbonyl (C=O) groups is 1. The summed E-state index contributed by atoms with van der Waals surface area (Å²) in [5.41, 5.74) is 3.23. The van der Waals surface area contributed by atoms with Crippen molar-refractivity contribution in [3.8, 4) is 0 Å². The number of piperidine rings is 1. The fourth-order valence-corrected chi connectivity index (χ4v) is 4.79. The van der Waals surface area contributed by atoms with Crippen LogP contribution in [0.1, 0.15) is 54.6 Å². The zero-order valence-electron chi connectivity index (χ0n) is 17.3.